The fourth-order valence-corrected chi connectivity index (χ4v) is 4.50. The molecule has 184 valence electrons. The van der Waals surface area contributed by atoms with Crippen molar-refractivity contribution in [1.82, 2.24) is 4.90 Å². The minimum atomic E-state index is 0.0566. The van der Waals surface area contributed by atoms with Gasteiger partial charge in [-0.05, 0) is 93.3 Å². The SMILES string of the molecule is CCOc1ccc(C(=O)N2CCN(c3cccc(C)c3C)CC2)cc1COc1ccc(C)c(C)c1. The van der Waals surface area contributed by atoms with E-state index in [1.807, 2.05) is 42.2 Å². The number of aryl methyl sites for hydroxylation is 3. The summed E-state index contributed by atoms with van der Waals surface area (Å²) in [5.41, 5.74) is 7.86. The van der Waals surface area contributed by atoms with Gasteiger partial charge in [-0.15, -0.1) is 0 Å². The predicted octanol–water partition coefficient (Wildman–Crippen LogP) is 5.86. The topological polar surface area (TPSA) is 42.0 Å². The van der Waals surface area contributed by atoms with Crippen molar-refractivity contribution in [2.45, 2.75) is 41.2 Å². The Morgan fingerprint density at radius 1 is 0.829 bits per heavy atom. The fraction of sp³-hybridized carbons (Fsp3) is 0.367. The van der Waals surface area contributed by atoms with E-state index >= 15 is 0 Å². The number of ether oxygens (including phenoxy) is 2. The van der Waals surface area contributed by atoms with Crippen LogP contribution in [0.15, 0.2) is 54.6 Å². The van der Waals surface area contributed by atoms with E-state index in [4.69, 9.17) is 9.47 Å². The quantitative estimate of drug-likeness (QED) is 0.432. The molecule has 3 aromatic carbocycles. The smallest absolute Gasteiger partial charge is 0.253 e. The number of hydrogen-bond acceptors (Lipinski definition) is 4. The normalized spacial score (nSPS) is 13.6. The molecule has 0 aliphatic carbocycles. The summed E-state index contributed by atoms with van der Waals surface area (Å²) in [7, 11) is 0. The lowest BCUT2D eigenvalue weighted by atomic mass is 10.1. The second-order valence-corrected chi connectivity index (χ2v) is 9.29. The summed E-state index contributed by atoms with van der Waals surface area (Å²) in [5, 5.41) is 0. The first-order valence-electron chi connectivity index (χ1n) is 12.4. The highest BCUT2D eigenvalue weighted by atomic mass is 16.5. The number of nitrogens with zero attached hydrogens (tertiary/aromatic N) is 2. The second kappa shape index (κ2) is 10.9. The molecule has 0 spiro atoms. The Hall–Kier alpha value is -3.47. The van der Waals surface area contributed by atoms with Crippen molar-refractivity contribution in [2.75, 3.05) is 37.7 Å². The fourth-order valence-electron chi connectivity index (χ4n) is 4.50. The van der Waals surface area contributed by atoms with Crippen LogP contribution >= 0.6 is 0 Å². The number of anilines is 1. The zero-order chi connectivity index (χ0) is 24.9. The van der Waals surface area contributed by atoms with E-state index in [1.54, 1.807) is 0 Å². The Labute approximate surface area is 209 Å². The van der Waals surface area contributed by atoms with Crippen LogP contribution in [0.5, 0.6) is 11.5 Å². The third-order valence-electron chi connectivity index (χ3n) is 6.96. The van der Waals surface area contributed by atoms with Crippen LogP contribution in [0.1, 0.15) is 45.1 Å². The van der Waals surface area contributed by atoms with Crippen LogP contribution in [0.25, 0.3) is 0 Å². The molecule has 1 amide bonds. The number of hydrogen-bond donors (Lipinski definition) is 0. The number of piperazine rings is 1. The average Bonchev–Trinajstić information content (AvgIpc) is 2.87. The zero-order valence-corrected chi connectivity index (χ0v) is 21.6. The van der Waals surface area contributed by atoms with Crippen molar-refractivity contribution in [3.63, 3.8) is 0 Å². The highest BCUT2D eigenvalue weighted by Crippen LogP contribution is 2.26. The van der Waals surface area contributed by atoms with Crippen LogP contribution in [-0.4, -0.2) is 43.6 Å². The van der Waals surface area contributed by atoms with Crippen LogP contribution in [0.2, 0.25) is 0 Å². The predicted molar refractivity (Wildman–Crippen MR) is 142 cm³/mol. The number of carbonyl (C=O) groups excluding carboxylic acids is 1. The summed E-state index contributed by atoms with van der Waals surface area (Å²) >= 11 is 0. The Bertz CT molecular complexity index is 1200. The number of carbonyl (C=O) groups is 1. The lowest BCUT2D eigenvalue weighted by molar-refractivity contribution is 0.0746. The minimum absolute atomic E-state index is 0.0566. The molecule has 1 aliphatic heterocycles. The molecule has 0 bridgehead atoms. The van der Waals surface area contributed by atoms with Gasteiger partial charge in [0, 0.05) is 43.0 Å². The molecular formula is C30H36N2O3. The van der Waals surface area contributed by atoms with Gasteiger partial charge in [0.05, 0.1) is 6.61 Å². The molecule has 35 heavy (non-hydrogen) atoms. The summed E-state index contributed by atoms with van der Waals surface area (Å²) in [6.07, 6.45) is 0. The van der Waals surface area contributed by atoms with Gasteiger partial charge in [0.25, 0.3) is 5.91 Å². The molecule has 3 aromatic rings. The van der Waals surface area contributed by atoms with E-state index in [0.29, 0.717) is 31.9 Å². The van der Waals surface area contributed by atoms with Gasteiger partial charge in [0.2, 0.25) is 0 Å². The molecule has 0 aromatic heterocycles. The van der Waals surface area contributed by atoms with E-state index in [-0.39, 0.29) is 5.91 Å². The molecule has 0 saturated carbocycles. The van der Waals surface area contributed by atoms with E-state index in [9.17, 15) is 4.79 Å². The molecular weight excluding hydrogens is 436 g/mol. The number of amides is 1. The van der Waals surface area contributed by atoms with Crippen LogP contribution in [0, 0.1) is 27.7 Å². The molecule has 1 heterocycles. The van der Waals surface area contributed by atoms with Crippen LogP contribution < -0.4 is 14.4 Å². The van der Waals surface area contributed by atoms with Gasteiger partial charge in [-0.2, -0.15) is 0 Å². The molecule has 1 fully saturated rings. The molecule has 0 unspecified atom stereocenters. The maximum Gasteiger partial charge on any atom is 0.253 e. The van der Waals surface area contributed by atoms with E-state index < -0.39 is 0 Å². The average molecular weight is 473 g/mol. The first-order chi connectivity index (χ1) is 16.9. The van der Waals surface area contributed by atoms with Crippen molar-refractivity contribution in [2.24, 2.45) is 0 Å². The second-order valence-electron chi connectivity index (χ2n) is 9.29. The molecule has 5 nitrogen and oxygen atoms in total. The third-order valence-corrected chi connectivity index (χ3v) is 6.96. The van der Waals surface area contributed by atoms with Gasteiger partial charge in [0.1, 0.15) is 18.1 Å². The van der Waals surface area contributed by atoms with Gasteiger partial charge >= 0.3 is 0 Å². The largest absolute Gasteiger partial charge is 0.493 e. The standard InChI is InChI=1S/C30H36N2O3/c1-6-34-29-13-11-25(19-26(29)20-35-27-12-10-21(2)23(4)18-27)30(33)32-16-14-31(15-17-32)28-9-7-8-22(3)24(28)5/h7-13,18-19H,6,14-17,20H2,1-5H3. The van der Waals surface area contributed by atoms with E-state index in [0.717, 1.165) is 30.2 Å². The summed E-state index contributed by atoms with van der Waals surface area (Å²) in [4.78, 5) is 17.7. The maximum atomic E-state index is 13.4. The van der Waals surface area contributed by atoms with Gasteiger partial charge < -0.3 is 19.3 Å². The summed E-state index contributed by atoms with van der Waals surface area (Å²) in [5.74, 6) is 1.63. The minimum Gasteiger partial charge on any atom is -0.493 e. The van der Waals surface area contributed by atoms with Crippen LogP contribution in [-0.2, 0) is 6.61 Å². The molecule has 0 atom stereocenters. The lowest BCUT2D eigenvalue weighted by Gasteiger charge is -2.37. The van der Waals surface area contributed by atoms with Gasteiger partial charge in [-0.25, -0.2) is 0 Å². The monoisotopic (exact) mass is 472 g/mol. The number of rotatable bonds is 7. The molecule has 5 heteroatoms. The maximum absolute atomic E-state index is 13.4. The molecule has 1 saturated heterocycles. The Kier molecular flexibility index (Phi) is 7.64. The third kappa shape index (κ3) is 5.61. The Morgan fingerprint density at radius 3 is 2.31 bits per heavy atom. The Balaban J connectivity index is 1.45. The van der Waals surface area contributed by atoms with E-state index in [2.05, 4.69) is 56.9 Å². The highest BCUT2D eigenvalue weighted by Gasteiger charge is 2.24. The van der Waals surface area contributed by atoms with Crippen molar-refractivity contribution < 1.29 is 14.3 Å². The van der Waals surface area contributed by atoms with Crippen LogP contribution in [0.4, 0.5) is 5.69 Å². The molecule has 4 rings (SSSR count). The molecule has 0 radical (unpaired) electrons. The highest BCUT2D eigenvalue weighted by molar-refractivity contribution is 5.94. The summed E-state index contributed by atoms with van der Waals surface area (Å²) in [6.45, 7) is 14.4. The van der Waals surface area contributed by atoms with Crippen molar-refractivity contribution in [1.29, 1.82) is 0 Å². The number of benzene rings is 3. The summed E-state index contributed by atoms with van der Waals surface area (Å²) < 4.78 is 11.9. The van der Waals surface area contributed by atoms with Gasteiger partial charge in [-0.1, -0.05) is 18.2 Å². The summed E-state index contributed by atoms with van der Waals surface area (Å²) in [6, 6.07) is 18.2. The van der Waals surface area contributed by atoms with Crippen LogP contribution in [0.3, 0.4) is 0 Å². The zero-order valence-electron chi connectivity index (χ0n) is 21.6. The van der Waals surface area contributed by atoms with Gasteiger partial charge in [0.15, 0.2) is 0 Å². The molecule has 1 aliphatic rings. The van der Waals surface area contributed by atoms with E-state index in [1.165, 1.54) is 27.9 Å². The van der Waals surface area contributed by atoms with Gasteiger partial charge in [-0.3, -0.25) is 4.79 Å². The molecule has 0 N–H and O–H groups in total. The first-order valence-corrected chi connectivity index (χ1v) is 12.4. The van der Waals surface area contributed by atoms with Crippen molar-refractivity contribution >= 4 is 11.6 Å². The first kappa shape index (κ1) is 24.6. The van der Waals surface area contributed by atoms with Crippen molar-refractivity contribution in [3.05, 3.63) is 88.0 Å². The Morgan fingerprint density at radius 2 is 1.60 bits per heavy atom. The van der Waals surface area contributed by atoms with Crippen molar-refractivity contribution in [3.8, 4) is 11.5 Å². The lowest BCUT2D eigenvalue weighted by Crippen LogP contribution is -2.49.